The van der Waals surface area contributed by atoms with Crippen molar-refractivity contribution in [3.8, 4) is 17.2 Å². The Morgan fingerprint density at radius 2 is 1.68 bits per heavy atom. The molecular weight excluding hydrogens is 238 g/mol. The quantitative estimate of drug-likeness (QED) is 0.857. The Labute approximate surface area is 114 Å². The first-order valence-corrected chi connectivity index (χ1v) is 6.51. The SMILES string of the molecule is CCCOc1ccc(Oc2cccc(CN)c2)cc1. The van der Waals surface area contributed by atoms with Crippen molar-refractivity contribution >= 4 is 0 Å². The molecule has 0 spiro atoms. The summed E-state index contributed by atoms with van der Waals surface area (Å²) in [6.45, 7) is 3.33. The minimum atomic E-state index is 0.515. The Morgan fingerprint density at radius 1 is 0.947 bits per heavy atom. The number of hydrogen-bond acceptors (Lipinski definition) is 3. The predicted octanol–water partition coefficient (Wildman–Crippen LogP) is 3.73. The number of ether oxygens (including phenoxy) is 2. The normalized spacial score (nSPS) is 10.2. The molecule has 3 heteroatoms. The summed E-state index contributed by atoms with van der Waals surface area (Å²) in [5, 5.41) is 0. The fourth-order valence-corrected chi connectivity index (χ4v) is 1.70. The lowest BCUT2D eigenvalue weighted by Crippen LogP contribution is -1.96. The second-order valence-electron chi connectivity index (χ2n) is 4.27. The highest BCUT2D eigenvalue weighted by atomic mass is 16.5. The molecule has 0 atom stereocenters. The zero-order chi connectivity index (χ0) is 13.5. The summed E-state index contributed by atoms with van der Waals surface area (Å²) >= 11 is 0. The van der Waals surface area contributed by atoms with Gasteiger partial charge in [-0.3, -0.25) is 0 Å². The summed E-state index contributed by atoms with van der Waals surface area (Å²) < 4.78 is 11.3. The van der Waals surface area contributed by atoms with Crippen molar-refractivity contribution in [3.05, 3.63) is 54.1 Å². The Bertz CT molecular complexity index is 508. The van der Waals surface area contributed by atoms with Crippen LogP contribution in [0.3, 0.4) is 0 Å². The number of nitrogens with two attached hydrogens (primary N) is 1. The van der Waals surface area contributed by atoms with E-state index in [1.54, 1.807) is 0 Å². The van der Waals surface area contributed by atoms with Gasteiger partial charge < -0.3 is 15.2 Å². The molecule has 0 radical (unpaired) electrons. The maximum Gasteiger partial charge on any atom is 0.127 e. The smallest absolute Gasteiger partial charge is 0.127 e. The van der Waals surface area contributed by atoms with E-state index in [0.717, 1.165) is 35.8 Å². The van der Waals surface area contributed by atoms with Crippen LogP contribution < -0.4 is 15.2 Å². The zero-order valence-corrected chi connectivity index (χ0v) is 11.1. The van der Waals surface area contributed by atoms with E-state index in [4.69, 9.17) is 15.2 Å². The van der Waals surface area contributed by atoms with Gasteiger partial charge >= 0.3 is 0 Å². The average Bonchev–Trinajstić information content (AvgIpc) is 2.47. The Kier molecular flexibility index (Phi) is 4.81. The fourth-order valence-electron chi connectivity index (χ4n) is 1.70. The maximum absolute atomic E-state index is 5.77. The van der Waals surface area contributed by atoms with Crippen LogP contribution in [0.2, 0.25) is 0 Å². The van der Waals surface area contributed by atoms with Crippen molar-refractivity contribution in [2.45, 2.75) is 19.9 Å². The van der Waals surface area contributed by atoms with Crippen LogP contribution in [-0.2, 0) is 6.54 Å². The van der Waals surface area contributed by atoms with E-state index in [-0.39, 0.29) is 0 Å². The molecule has 0 amide bonds. The summed E-state index contributed by atoms with van der Waals surface area (Å²) in [4.78, 5) is 0. The van der Waals surface area contributed by atoms with Gasteiger partial charge in [0.1, 0.15) is 17.2 Å². The van der Waals surface area contributed by atoms with Gasteiger partial charge in [-0.1, -0.05) is 19.1 Å². The van der Waals surface area contributed by atoms with Crippen molar-refractivity contribution in [2.24, 2.45) is 5.73 Å². The summed E-state index contributed by atoms with van der Waals surface area (Å²) in [7, 11) is 0. The van der Waals surface area contributed by atoms with Gasteiger partial charge in [0.2, 0.25) is 0 Å². The lowest BCUT2D eigenvalue weighted by molar-refractivity contribution is 0.317. The third-order valence-electron chi connectivity index (χ3n) is 2.67. The minimum absolute atomic E-state index is 0.515. The second kappa shape index (κ2) is 6.81. The highest BCUT2D eigenvalue weighted by Crippen LogP contribution is 2.24. The summed E-state index contributed by atoms with van der Waals surface area (Å²) in [6.07, 6.45) is 1.00. The lowest BCUT2D eigenvalue weighted by Gasteiger charge is -2.08. The van der Waals surface area contributed by atoms with E-state index in [0.29, 0.717) is 6.54 Å². The molecule has 3 nitrogen and oxygen atoms in total. The van der Waals surface area contributed by atoms with Crippen molar-refractivity contribution in [2.75, 3.05) is 6.61 Å². The average molecular weight is 257 g/mol. The molecule has 0 aromatic heterocycles. The summed E-state index contributed by atoms with van der Waals surface area (Å²) in [5.41, 5.74) is 6.66. The van der Waals surface area contributed by atoms with Crippen molar-refractivity contribution in [1.29, 1.82) is 0 Å². The van der Waals surface area contributed by atoms with Crippen LogP contribution in [0.5, 0.6) is 17.2 Å². The minimum Gasteiger partial charge on any atom is -0.494 e. The maximum atomic E-state index is 5.77. The van der Waals surface area contributed by atoms with Gasteiger partial charge in [0.25, 0.3) is 0 Å². The summed E-state index contributed by atoms with van der Waals surface area (Å²) in [6, 6.07) is 15.4. The van der Waals surface area contributed by atoms with Gasteiger partial charge in [-0.25, -0.2) is 0 Å². The monoisotopic (exact) mass is 257 g/mol. The molecule has 100 valence electrons. The first-order valence-electron chi connectivity index (χ1n) is 6.51. The lowest BCUT2D eigenvalue weighted by atomic mass is 10.2. The van der Waals surface area contributed by atoms with Crippen LogP contribution in [0.25, 0.3) is 0 Å². The topological polar surface area (TPSA) is 44.5 Å². The Balaban J connectivity index is 2.02. The van der Waals surface area contributed by atoms with E-state index in [1.807, 2.05) is 48.5 Å². The van der Waals surface area contributed by atoms with Crippen LogP contribution >= 0.6 is 0 Å². The van der Waals surface area contributed by atoms with Gasteiger partial charge in [0.05, 0.1) is 6.61 Å². The van der Waals surface area contributed by atoms with E-state index in [9.17, 15) is 0 Å². The van der Waals surface area contributed by atoms with Gasteiger partial charge in [-0.15, -0.1) is 0 Å². The van der Waals surface area contributed by atoms with Crippen molar-refractivity contribution in [1.82, 2.24) is 0 Å². The molecule has 0 heterocycles. The van der Waals surface area contributed by atoms with Gasteiger partial charge in [0.15, 0.2) is 0 Å². The van der Waals surface area contributed by atoms with Gasteiger partial charge in [-0.2, -0.15) is 0 Å². The molecule has 0 aliphatic rings. The molecule has 0 aliphatic carbocycles. The van der Waals surface area contributed by atoms with Crippen LogP contribution in [0.1, 0.15) is 18.9 Å². The number of hydrogen-bond donors (Lipinski definition) is 1. The van der Waals surface area contributed by atoms with E-state index < -0.39 is 0 Å². The third kappa shape index (κ3) is 4.00. The molecule has 0 unspecified atom stereocenters. The van der Waals surface area contributed by atoms with E-state index in [2.05, 4.69) is 6.92 Å². The Hall–Kier alpha value is -2.00. The van der Waals surface area contributed by atoms with Crippen LogP contribution in [0.15, 0.2) is 48.5 Å². The van der Waals surface area contributed by atoms with Crippen LogP contribution in [0, 0.1) is 0 Å². The van der Waals surface area contributed by atoms with Crippen molar-refractivity contribution in [3.63, 3.8) is 0 Å². The molecule has 2 aromatic rings. The molecule has 2 rings (SSSR count). The molecule has 2 N–H and O–H groups in total. The molecule has 0 saturated carbocycles. The number of benzene rings is 2. The Morgan fingerprint density at radius 3 is 2.37 bits per heavy atom. The molecule has 0 saturated heterocycles. The standard InChI is InChI=1S/C16H19NO2/c1-2-10-18-14-6-8-15(9-7-14)19-16-5-3-4-13(11-16)12-17/h3-9,11H,2,10,12,17H2,1H3. The van der Waals surface area contributed by atoms with Gasteiger partial charge in [0, 0.05) is 6.54 Å². The highest BCUT2D eigenvalue weighted by molar-refractivity contribution is 5.36. The molecular formula is C16H19NO2. The summed E-state index contributed by atoms with van der Waals surface area (Å²) in [5.74, 6) is 2.45. The molecule has 0 bridgehead atoms. The number of rotatable bonds is 6. The van der Waals surface area contributed by atoms with Crippen molar-refractivity contribution < 1.29 is 9.47 Å². The van der Waals surface area contributed by atoms with E-state index >= 15 is 0 Å². The predicted molar refractivity (Wildman–Crippen MR) is 76.6 cm³/mol. The fraction of sp³-hybridized carbons (Fsp3) is 0.250. The second-order valence-corrected chi connectivity index (χ2v) is 4.27. The highest BCUT2D eigenvalue weighted by Gasteiger charge is 1.99. The van der Waals surface area contributed by atoms with E-state index in [1.165, 1.54) is 0 Å². The molecule has 2 aromatic carbocycles. The third-order valence-corrected chi connectivity index (χ3v) is 2.67. The van der Waals surface area contributed by atoms with Gasteiger partial charge in [-0.05, 0) is 48.4 Å². The molecule has 0 aliphatic heterocycles. The molecule has 19 heavy (non-hydrogen) atoms. The van der Waals surface area contributed by atoms with Crippen LogP contribution in [-0.4, -0.2) is 6.61 Å². The zero-order valence-electron chi connectivity index (χ0n) is 11.1. The first kappa shape index (κ1) is 13.4. The largest absolute Gasteiger partial charge is 0.494 e. The molecule has 0 fully saturated rings. The van der Waals surface area contributed by atoms with Crippen LogP contribution in [0.4, 0.5) is 0 Å². The first-order chi connectivity index (χ1) is 9.31.